The normalized spacial score (nSPS) is 20.1. The Balaban J connectivity index is 1.84. The number of anilines is 1. The second-order valence-corrected chi connectivity index (χ2v) is 5.73. The molecular formula is C15H28N4O. The molecule has 20 heavy (non-hydrogen) atoms. The Labute approximate surface area is 122 Å². The number of nitrogens with zero attached hydrogens (tertiary/aromatic N) is 3. The van der Waals surface area contributed by atoms with Crippen molar-refractivity contribution in [1.29, 1.82) is 0 Å². The van der Waals surface area contributed by atoms with E-state index in [1.807, 2.05) is 0 Å². The molecule has 0 saturated carbocycles. The van der Waals surface area contributed by atoms with Crippen molar-refractivity contribution in [2.45, 2.75) is 58.9 Å². The SMILES string of the molecule is CCCNCc1nnc(N2CCCC(CCC)CC2)o1. The maximum atomic E-state index is 5.76. The molecule has 0 bridgehead atoms. The number of nitrogens with one attached hydrogen (secondary N) is 1. The van der Waals surface area contributed by atoms with E-state index in [4.69, 9.17) is 4.42 Å². The minimum atomic E-state index is 0.674. The standard InChI is InChI=1S/C15H28N4O/c1-3-6-13-7-5-10-19(11-8-13)15-18-17-14(20-15)12-16-9-4-2/h13,16H,3-12H2,1-2H3. The number of rotatable bonds is 7. The summed E-state index contributed by atoms with van der Waals surface area (Å²) in [5.74, 6) is 1.57. The molecule has 0 spiro atoms. The molecule has 1 aromatic heterocycles. The second kappa shape index (κ2) is 8.25. The minimum Gasteiger partial charge on any atom is -0.407 e. The summed E-state index contributed by atoms with van der Waals surface area (Å²) in [6, 6.07) is 0.704. The lowest BCUT2D eigenvalue weighted by Gasteiger charge is -2.17. The maximum absolute atomic E-state index is 5.76. The molecule has 0 amide bonds. The predicted octanol–water partition coefficient (Wildman–Crippen LogP) is 2.98. The van der Waals surface area contributed by atoms with Gasteiger partial charge >= 0.3 is 6.01 Å². The lowest BCUT2D eigenvalue weighted by atomic mass is 9.96. The molecule has 1 unspecified atom stereocenters. The first-order chi connectivity index (χ1) is 9.83. The second-order valence-electron chi connectivity index (χ2n) is 5.73. The Bertz CT molecular complexity index is 380. The van der Waals surface area contributed by atoms with E-state index in [1.54, 1.807) is 0 Å². The minimum absolute atomic E-state index is 0.674. The van der Waals surface area contributed by atoms with Crippen molar-refractivity contribution in [2.75, 3.05) is 24.5 Å². The van der Waals surface area contributed by atoms with Crippen LogP contribution in [-0.2, 0) is 6.54 Å². The van der Waals surface area contributed by atoms with Gasteiger partial charge in [-0.1, -0.05) is 31.8 Å². The molecule has 1 atom stereocenters. The van der Waals surface area contributed by atoms with Crippen LogP contribution in [0.15, 0.2) is 4.42 Å². The monoisotopic (exact) mass is 280 g/mol. The Morgan fingerprint density at radius 3 is 2.90 bits per heavy atom. The first-order valence-corrected chi connectivity index (χ1v) is 8.11. The Morgan fingerprint density at radius 2 is 2.10 bits per heavy atom. The summed E-state index contributed by atoms with van der Waals surface area (Å²) in [7, 11) is 0. The summed E-state index contributed by atoms with van der Waals surface area (Å²) < 4.78 is 5.76. The fourth-order valence-electron chi connectivity index (χ4n) is 2.87. The van der Waals surface area contributed by atoms with Gasteiger partial charge in [-0.25, -0.2) is 0 Å². The van der Waals surface area contributed by atoms with Gasteiger partial charge in [-0.05, 0) is 38.1 Å². The Kier molecular flexibility index (Phi) is 6.30. The fraction of sp³-hybridized carbons (Fsp3) is 0.867. The molecule has 114 valence electrons. The van der Waals surface area contributed by atoms with Gasteiger partial charge in [0, 0.05) is 13.1 Å². The van der Waals surface area contributed by atoms with E-state index >= 15 is 0 Å². The molecule has 5 nitrogen and oxygen atoms in total. The van der Waals surface area contributed by atoms with Gasteiger partial charge < -0.3 is 14.6 Å². The van der Waals surface area contributed by atoms with Crippen LogP contribution in [0, 0.1) is 5.92 Å². The van der Waals surface area contributed by atoms with Gasteiger partial charge in [0.2, 0.25) is 5.89 Å². The molecular weight excluding hydrogens is 252 g/mol. The lowest BCUT2D eigenvalue weighted by Crippen LogP contribution is -2.24. The van der Waals surface area contributed by atoms with Crippen LogP contribution in [0.3, 0.4) is 0 Å². The first-order valence-electron chi connectivity index (χ1n) is 8.11. The smallest absolute Gasteiger partial charge is 0.318 e. The summed E-state index contributed by atoms with van der Waals surface area (Å²) >= 11 is 0. The average molecular weight is 280 g/mol. The van der Waals surface area contributed by atoms with Gasteiger partial charge in [-0.15, -0.1) is 5.10 Å². The van der Waals surface area contributed by atoms with Crippen LogP contribution >= 0.6 is 0 Å². The summed E-state index contributed by atoms with van der Waals surface area (Å²) in [6.45, 7) is 8.18. The lowest BCUT2D eigenvalue weighted by molar-refractivity contribution is 0.432. The zero-order valence-electron chi connectivity index (χ0n) is 12.9. The molecule has 1 aliphatic heterocycles. The fourth-order valence-corrected chi connectivity index (χ4v) is 2.87. The van der Waals surface area contributed by atoms with Crippen molar-refractivity contribution in [3.05, 3.63) is 5.89 Å². The van der Waals surface area contributed by atoms with E-state index in [-0.39, 0.29) is 0 Å². The van der Waals surface area contributed by atoms with E-state index < -0.39 is 0 Å². The summed E-state index contributed by atoms with van der Waals surface area (Å²) in [5.41, 5.74) is 0. The van der Waals surface area contributed by atoms with Gasteiger partial charge in [0.15, 0.2) is 0 Å². The van der Waals surface area contributed by atoms with E-state index in [2.05, 4.69) is 34.3 Å². The highest BCUT2D eigenvalue weighted by atomic mass is 16.4. The number of hydrogen-bond donors (Lipinski definition) is 1. The van der Waals surface area contributed by atoms with Gasteiger partial charge in [-0.2, -0.15) is 0 Å². The van der Waals surface area contributed by atoms with Crippen molar-refractivity contribution < 1.29 is 4.42 Å². The third-order valence-electron chi connectivity index (χ3n) is 3.97. The van der Waals surface area contributed by atoms with Crippen LogP contribution in [0.1, 0.15) is 58.3 Å². The number of aromatic nitrogens is 2. The van der Waals surface area contributed by atoms with Gasteiger partial charge in [0.1, 0.15) is 0 Å². The molecule has 1 aromatic rings. The molecule has 5 heteroatoms. The Hall–Kier alpha value is -1.10. The molecule has 1 fully saturated rings. The van der Waals surface area contributed by atoms with Crippen molar-refractivity contribution in [2.24, 2.45) is 5.92 Å². The van der Waals surface area contributed by atoms with Gasteiger partial charge in [0.05, 0.1) is 6.54 Å². The maximum Gasteiger partial charge on any atom is 0.318 e. The average Bonchev–Trinajstić information content (AvgIpc) is 2.79. The van der Waals surface area contributed by atoms with Crippen LogP contribution in [0.5, 0.6) is 0 Å². The molecule has 1 saturated heterocycles. The molecule has 2 heterocycles. The highest BCUT2D eigenvalue weighted by Gasteiger charge is 2.20. The van der Waals surface area contributed by atoms with Crippen LogP contribution in [-0.4, -0.2) is 29.8 Å². The number of hydrogen-bond acceptors (Lipinski definition) is 5. The first kappa shape index (κ1) is 15.3. The van der Waals surface area contributed by atoms with Crippen LogP contribution in [0.4, 0.5) is 6.01 Å². The molecule has 0 aliphatic carbocycles. The van der Waals surface area contributed by atoms with Crippen molar-refractivity contribution in [3.8, 4) is 0 Å². The molecule has 0 aromatic carbocycles. The van der Waals surface area contributed by atoms with E-state index in [0.717, 1.165) is 32.0 Å². The van der Waals surface area contributed by atoms with Crippen LogP contribution in [0.25, 0.3) is 0 Å². The van der Waals surface area contributed by atoms with Crippen molar-refractivity contribution >= 4 is 6.01 Å². The van der Waals surface area contributed by atoms with Crippen LogP contribution < -0.4 is 10.2 Å². The quantitative estimate of drug-likeness (QED) is 0.778. The zero-order chi connectivity index (χ0) is 14.2. The summed E-state index contributed by atoms with van der Waals surface area (Å²) in [5, 5.41) is 11.6. The van der Waals surface area contributed by atoms with Gasteiger partial charge in [-0.3, -0.25) is 0 Å². The molecule has 0 radical (unpaired) electrons. The third kappa shape index (κ3) is 4.47. The topological polar surface area (TPSA) is 54.2 Å². The van der Waals surface area contributed by atoms with Crippen molar-refractivity contribution in [1.82, 2.24) is 15.5 Å². The third-order valence-corrected chi connectivity index (χ3v) is 3.97. The Morgan fingerprint density at radius 1 is 1.20 bits per heavy atom. The zero-order valence-corrected chi connectivity index (χ0v) is 12.9. The largest absolute Gasteiger partial charge is 0.407 e. The van der Waals surface area contributed by atoms with E-state index in [1.165, 1.54) is 32.1 Å². The summed E-state index contributed by atoms with van der Waals surface area (Å²) in [6.07, 6.45) is 7.58. The predicted molar refractivity (Wildman–Crippen MR) is 80.8 cm³/mol. The highest BCUT2D eigenvalue weighted by molar-refractivity contribution is 5.24. The molecule has 2 rings (SSSR count). The van der Waals surface area contributed by atoms with Gasteiger partial charge in [0.25, 0.3) is 0 Å². The highest BCUT2D eigenvalue weighted by Crippen LogP contribution is 2.24. The molecule has 1 aliphatic rings. The van der Waals surface area contributed by atoms with E-state index in [0.29, 0.717) is 18.5 Å². The van der Waals surface area contributed by atoms with Crippen LogP contribution in [0.2, 0.25) is 0 Å². The van der Waals surface area contributed by atoms with E-state index in [9.17, 15) is 0 Å². The van der Waals surface area contributed by atoms with Crippen molar-refractivity contribution in [3.63, 3.8) is 0 Å². The molecule has 1 N–H and O–H groups in total. The summed E-state index contributed by atoms with van der Waals surface area (Å²) in [4.78, 5) is 2.26.